The van der Waals surface area contributed by atoms with Gasteiger partial charge in [-0.05, 0) is 37.1 Å². The van der Waals surface area contributed by atoms with E-state index >= 15 is 0 Å². The van der Waals surface area contributed by atoms with Crippen LogP contribution in [0.3, 0.4) is 0 Å². The number of nitrogens with one attached hydrogen (secondary N) is 2. The molecule has 1 unspecified atom stereocenters. The maximum Gasteiger partial charge on any atom is 0.258 e. The summed E-state index contributed by atoms with van der Waals surface area (Å²) in [5.41, 5.74) is 1.06. The van der Waals surface area contributed by atoms with Gasteiger partial charge in [0.25, 0.3) is 5.91 Å². The largest absolute Gasteiger partial charge is 0.491 e. The number of aromatic nitrogens is 1. The molecule has 1 atom stereocenters. The highest BCUT2D eigenvalue weighted by Gasteiger charge is 2.23. The fourth-order valence-electron chi connectivity index (χ4n) is 3.39. The number of nitrogens with zero attached hydrogens (tertiary/aromatic N) is 2. The van der Waals surface area contributed by atoms with E-state index in [0.717, 1.165) is 25.7 Å². The smallest absolute Gasteiger partial charge is 0.258 e. The molecule has 0 saturated heterocycles. The van der Waals surface area contributed by atoms with E-state index in [1.807, 2.05) is 24.3 Å². The van der Waals surface area contributed by atoms with Crippen molar-refractivity contribution in [2.75, 3.05) is 38.2 Å². The fraction of sp³-hybridized carbons (Fsp3) is 0.435. The van der Waals surface area contributed by atoms with Crippen LogP contribution in [0.15, 0.2) is 42.6 Å². The molecule has 1 aromatic heterocycles. The Labute approximate surface area is 187 Å². The number of hydrogen-bond donors (Lipinski definition) is 4. The minimum absolute atomic E-state index is 0.0755. The van der Waals surface area contributed by atoms with Gasteiger partial charge in [-0.2, -0.15) is 0 Å². The number of ether oxygens (including phenoxy) is 1. The second-order valence-corrected chi connectivity index (χ2v) is 7.65. The average Bonchev–Trinajstić information content (AvgIpc) is 2.81. The molecule has 2 amide bonds. The molecule has 0 saturated carbocycles. The number of para-hydroxylation sites is 2. The number of hydrogen-bond acceptors (Lipinski definition) is 7. The molecule has 0 fully saturated rings. The van der Waals surface area contributed by atoms with Crippen molar-refractivity contribution in [3.63, 3.8) is 0 Å². The number of rotatable bonds is 5. The first-order valence-electron chi connectivity index (χ1n) is 10.9. The molecule has 3 rings (SSSR count). The molecule has 1 aliphatic rings. The molecule has 0 bridgehead atoms. The van der Waals surface area contributed by atoms with Crippen LogP contribution in [0, 0.1) is 0 Å². The SMILES string of the molecule is O=C(CN1CCCCCCOc2ccccc2Nc2ncccc2C1=O)NCC(O)CO. The number of carbonyl (C=O) groups is 2. The third-order valence-corrected chi connectivity index (χ3v) is 5.13. The highest BCUT2D eigenvalue weighted by molar-refractivity contribution is 6.01. The Hall–Kier alpha value is -3.17. The van der Waals surface area contributed by atoms with E-state index < -0.39 is 18.6 Å². The second-order valence-electron chi connectivity index (χ2n) is 7.65. The molecule has 172 valence electrons. The van der Waals surface area contributed by atoms with Gasteiger partial charge in [0.2, 0.25) is 5.91 Å². The summed E-state index contributed by atoms with van der Waals surface area (Å²) in [6, 6.07) is 10.9. The van der Waals surface area contributed by atoms with Crippen LogP contribution in [0.25, 0.3) is 0 Å². The molecule has 1 aliphatic heterocycles. The highest BCUT2D eigenvalue weighted by atomic mass is 16.5. The van der Waals surface area contributed by atoms with Crippen molar-refractivity contribution in [1.82, 2.24) is 15.2 Å². The fourth-order valence-corrected chi connectivity index (χ4v) is 3.39. The molecule has 32 heavy (non-hydrogen) atoms. The molecular formula is C23H30N4O5. The predicted octanol–water partition coefficient (Wildman–Crippen LogP) is 1.69. The number of benzene rings is 1. The zero-order valence-electron chi connectivity index (χ0n) is 18.0. The van der Waals surface area contributed by atoms with E-state index in [1.165, 1.54) is 4.90 Å². The van der Waals surface area contributed by atoms with Gasteiger partial charge in [0.05, 0.1) is 37.1 Å². The van der Waals surface area contributed by atoms with Crippen LogP contribution in [-0.2, 0) is 4.79 Å². The summed E-state index contributed by atoms with van der Waals surface area (Å²) in [6.45, 7) is 0.338. The monoisotopic (exact) mass is 442 g/mol. The number of aliphatic hydroxyl groups excluding tert-OH is 2. The Bertz CT molecular complexity index is 907. The van der Waals surface area contributed by atoms with Gasteiger partial charge in [0, 0.05) is 19.3 Å². The third-order valence-electron chi connectivity index (χ3n) is 5.13. The Morgan fingerprint density at radius 3 is 2.84 bits per heavy atom. The van der Waals surface area contributed by atoms with Gasteiger partial charge < -0.3 is 30.5 Å². The number of amides is 2. The van der Waals surface area contributed by atoms with Gasteiger partial charge in [-0.3, -0.25) is 9.59 Å². The van der Waals surface area contributed by atoms with E-state index in [9.17, 15) is 14.7 Å². The average molecular weight is 443 g/mol. The van der Waals surface area contributed by atoms with Crippen molar-refractivity contribution in [1.29, 1.82) is 0 Å². The zero-order chi connectivity index (χ0) is 22.8. The van der Waals surface area contributed by atoms with Crippen LogP contribution in [0.1, 0.15) is 36.0 Å². The minimum atomic E-state index is -1.04. The van der Waals surface area contributed by atoms with E-state index in [2.05, 4.69) is 15.6 Å². The molecule has 1 aromatic carbocycles. The summed E-state index contributed by atoms with van der Waals surface area (Å²) in [5.74, 6) is 0.358. The number of anilines is 2. The molecule has 9 nitrogen and oxygen atoms in total. The van der Waals surface area contributed by atoms with E-state index in [1.54, 1.807) is 18.3 Å². The van der Waals surface area contributed by atoms with Gasteiger partial charge >= 0.3 is 0 Å². The van der Waals surface area contributed by atoms with E-state index in [0.29, 0.717) is 36.0 Å². The standard InChI is InChI=1S/C23H30N4O5/c28-16-17(29)14-25-21(30)15-27-12-5-1-2-6-13-32-20-10-4-3-9-19(20)26-22-18(23(27)31)8-7-11-24-22/h3-4,7-11,17,28-29H,1-2,5-6,12-16H2,(H,24,26)(H,25,30). The van der Waals surface area contributed by atoms with Crippen molar-refractivity contribution in [2.24, 2.45) is 0 Å². The Kier molecular flexibility index (Phi) is 8.82. The summed E-state index contributed by atoms with van der Waals surface area (Å²) >= 11 is 0. The Morgan fingerprint density at radius 2 is 2.00 bits per heavy atom. The Morgan fingerprint density at radius 1 is 1.19 bits per heavy atom. The molecule has 2 aromatic rings. The lowest BCUT2D eigenvalue weighted by molar-refractivity contribution is -0.122. The van der Waals surface area contributed by atoms with Gasteiger partial charge in [-0.15, -0.1) is 0 Å². The normalized spacial score (nSPS) is 15.9. The molecule has 4 N–H and O–H groups in total. The van der Waals surface area contributed by atoms with E-state index in [-0.39, 0.29) is 19.0 Å². The highest BCUT2D eigenvalue weighted by Crippen LogP contribution is 2.29. The Balaban J connectivity index is 1.84. The van der Waals surface area contributed by atoms with E-state index in [4.69, 9.17) is 9.84 Å². The van der Waals surface area contributed by atoms with Gasteiger partial charge in [-0.1, -0.05) is 25.0 Å². The molecule has 0 aliphatic carbocycles. The zero-order valence-corrected chi connectivity index (χ0v) is 18.0. The number of pyridine rings is 1. The summed E-state index contributed by atoms with van der Waals surface area (Å²) in [6.07, 6.45) is 4.04. The molecule has 9 heteroatoms. The van der Waals surface area contributed by atoms with Crippen molar-refractivity contribution >= 4 is 23.3 Å². The minimum Gasteiger partial charge on any atom is -0.491 e. The molecule has 2 heterocycles. The number of carbonyl (C=O) groups excluding carboxylic acids is 2. The van der Waals surface area contributed by atoms with Crippen molar-refractivity contribution in [2.45, 2.75) is 31.8 Å². The van der Waals surface area contributed by atoms with Crippen LogP contribution < -0.4 is 15.4 Å². The lowest BCUT2D eigenvalue weighted by atomic mass is 10.1. The maximum absolute atomic E-state index is 13.4. The van der Waals surface area contributed by atoms with Crippen molar-refractivity contribution in [3.05, 3.63) is 48.2 Å². The van der Waals surface area contributed by atoms with Crippen LogP contribution in [0.5, 0.6) is 5.75 Å². The lowest BCUT2D eigenvalue weighted by Gasteiger charge is -2.24. The number of aliphatic hydroxyl groups is 2. The summed E-state index contributed by atoms with van der Waals surface area (Å²) in [7, 11) is 0. The van der Waals surface area contributed by atoms with Gasteiger partial charge in [0.15, 0.2) is 0 Å². The summed E-state index contributed by atoms with van der Waals surface area (Å²) in [4.78, 5) is 31.6. The number of fused-ring (bicyclic) bond motifs is 2. The molecular weight excluding hydrogens is 412 g/mol. The van der Waals surface area contributed by atoms with Gasteiger partial charge in [-0.25, -0.2) is 4.98 Å². The molecule has 0 radical (unpaired) electrons. The first kappa shape index (κ1) is 23.5. The summed E-state index contributed by atoms with van der Waals surface area (Å²) < 4.78 is 5.93. The quantitative estimate of drug-likeness (QED) is 0.555. The van der Waals surface area contributed by atoms with Crippen molar-refractivity contribution in [3.8, 4) is 5.75 Å². The first-order chi connectivity index (χ1) is 15.6. The topological polar surface area (TPSA) is 124 Å². The predicted molar refractivity (Wildman–Crippen MR) is 120 cm³/mol. The van der Waals surface area contributed by atoms with Crippen LogP contribution in [0.2, 0.25) is 0 Å². The summed E-state index contributed by atoms with van der Waals surface area (Å²) in [5, 5.41) is 24.1. The van der Waals surface area contributed by atoms with Crippen LogP contribution in [0.4, 0.5) is 11.5 Å². The maximum atomic E-state index is 13.4. The van der Waals surface area contributed by atoms with Crippen LogP contribution >= 0.6 is 0 Å². The van der Waals surface area contributed by atoms with Crippen LogP contribution in [-0.4, -0.2) is 70.9 Å². The third kappa shape index (κ3) is 6.66. The first-order valence-corrected chi connectivity index (χ1v) is 10.9. The second kappa shape index (κ2) is 12.0. The van der Waals surface area contributed by atoms with Crippen molar-refractivity contribution < 1.29 is 24.5 Å². The van der Waals surface area contributed by atoms with Gasteiger partial charge in [0.1, 0.15) is 11.6 Å². The lowest BCUT2D eigenvalue weighted by Crippen LogP contribution is -2.43. The molecule has 0 spiro atoms.